The number of hydrogen-bond donors (Lipinski definition) is 1. The Bertz CT molecular complexity index is 398. The first-order valence-corrected chi connectivity index (χ1v) is 8.54. The molecule has 0 radical (unpaired) electrons. The number of likely N-dealkylation sites (tertiary alicyclic amines) is 1. The fraction of sp³-hybridized carbons (Fsp3) is 0.941. The van der Waals surface area contributed by atoms with E-state index in [9.17, 15) is 5.26 Å². The summed E-state index contributed by atoms with van der Waals surface area (Å²) < 4.78 is 0. The van der Waals surface area contributed by atoms with Crippen molar-refractivity contribution in [3.05, 3.63) is 0 Å². The van der Waals surface area contributed by atoms with Gasteiger partial charge in [0.15, 0.2) is 0 Å². The number of likely N-dealkylation sites (N-methyl/N-ethyl adjacent to an activating group) is 1. The highest BCUT2D eigenvalue weighted by Gasteiger charge is 2.49. The van der Waals surface area contributed by atoms with Gasteiger partial charge in [-0.1, -0.05) is 0 Å². The minimum Gasteiger partial charge on any atom is -0.301 e. The number of hydrogen-bond acceptors (Lipinski definition) is 3. The summed E-state index contributed by atoms with van der Waals surface area (Å²) in [6, 6.07) is 2.51. The maximum absolute atomic E-state index is 9.40. The topological polar surface area (TPSA) is 39.1 Å². The maximum Gasteiger partial charge on any atom is 0.120 e. The molecule has 0 aromatic carbocycles. The van der Waals surface area contributed by atoms with Crippen LogP contribution < -0.4 is 5.32 Å². The average molecular weight is 273 g/mol. The van der Waals surface area contributed by atoms with Gasteiger partial charge in [-0.25, -0.2) is 0 Å². The highest BCUT2D eigenvalue weighted by atomic mass is 15.2. The zero-order valence-corrected chi connectivity index (χ0v) is 12.6. The summed E-state index contributed by atoms with van der Waals surface area (Å²) in [5.41, 5.74) is -0.272. The quantitative estimate of drug-likeness (QED) is 0.857. The summed E-state index contributed by atoms with van der Waals surface area (Å²) in [6.07, 6.45) is 8.59. The third-order valence-corrected chi connectivity index (χ3v) is 6.93. The largest absolute Gasteiger partial charge is 0.301 e. The van der Waals surface area contributed by atoms with Gasteiger partial charge in [-0.05, 0) is 75.2 Å². The van der Waals surface area contributed by atoms with Gasteiger partial charge in [0, 0.05) is 19.6 Å². The normalized spacial score (nSPS) is 50.5. The number of nitrogens with one attached hydrogen (secondary N) is 1. The van der Waals surface area contributed by atoms with E-state index in [4.69, 9.17) is 0 Å². The van der Waals surface area contributed by atoms with Gasteiger partial charge in [0.2, 0.25) is 0 Å². The first-order valence-electron chi connectivity index (χ1n) is 8.54. The van der Waals surface area contributed by atoms with Gasteiger partial charge in [-0.2, -0.15) is 5.26 Å². The average Bonchev–Trinajstić information content (AvgIpc) is 2.86. The van der Waals surface area contributed by atoms with Crippen molar-refractivity contribution in [1.29, 1.82) is 5.26 Å². The maximum atomic E-state index is 9.40. The molecule has 0 amide bonds. The second-order valence-corrected chi connectivity index (χ2v) is 8.02. The molecule has 5 fully saturated rings. The van der Waals surface area contributed by atoms with Crippen LogP contribution in [0, 0.1) is 40.9 Å². The molecule has 0 aromatic rings. The van der Waals surface area contributed by atoms with E-state index in [-0.39, 0.29) is 5.54 Å². The molecule has 0 aromatic heterocycles. The molecule has 1 heterocycles. The van der Waals surface area contributed by atoms with Gasteiger partial charge in [-0.3, -0.25) is 0 Å². The number of rotatable bonds is 3. The fourth-order valence-corrected chi connectivity index (χ4v) is 6.03. The molecular weight excluding hydrogens is 246 g/mol. The Labute approximate surface area is 122 Å². The van der Waals surface area contributed by atoms with E-state index in [1.807, 2.05) is 7.05 Å². The van der Waals surface area contributed by atoms with E-state index in [0.717, 1.165) is 49.1 Å². The predicted octanol–water partition coefficient (Wildman–Crippen LogP) is 2.25. The lowest BCUT2D eigenvalue weighted by atomic mass is 9.52. The first-order chi connectivity index (χ1) is 9.71. The van der Waals surface area contributed by atoms with Gasteiger partial charge in [-0.15, -0.1) is 0 Å². The Morgan fingerprint density at radius 1 is 1.15 bits per heavy atom. The van der Waals surface area contributed by atoms with Crippen LogP contribution in [0.4, 0.5) is 0 Å². The van der Waals surface area contributed by atoms with E-state index in [2.05, 4.69) is 16.3 Å². The van der Waals surface area contributed by atoms with Crippen molar-refractivity contribution in [2.45, 2.75) is 44.1 Å². The number of nitrogens with zero attached hydrogens (tertiary/aromatic N) is 2. The highest BCUT2D eigenvalue weighted by Crippen LogP contribution is 2.56. The van der Waals surface area contributed by atoms with Crippen LogP contribution in [-0.2, 0) is 0 Å². The standard InChI is InChI=1S/C17H27N3/c1-19-17(10-18)2-3-20(11-17)9-16-14-5-12-4-13(7-14)8-15(16)6-12/h12-16,19H,2-9,11H2,1H3. The summed E-state index contributed by atoms with van der Waals surface area (Å²) >= 11 is 0. The Kier molecular flexibility index (Phi) is 3.09. The third-order valence-electron chi connectivity index (χ3n) is 6.93. The molecule has 1 aliphatic heterocycles. The molecule has 1 atom stereocenters. The summed E-state index contributed by atoms with van der Waals surface area (Å²) in [5.74, 6) is 5.11. The molecule has 5 rings (SSSR count). The van der Waals surface area contributed by atoms with Crippen LogP contribution in [0.2, 0.25) is 0 Å². The molecule has 20 heavy (non-hydrogen) atoms. The van der Waals surface area contributed by atoms with Crippen molar-refractivity contribution >= 4 is 0 Å². The Hall–Kier alpha value is -0.590. The van der Waals surface area contributed by atoms with Crippen molar-refractivity contribution in [3.63, 3.8) is 0 Å². The zero-order valence-electron chi connectivity index (χ0n) is 12.6. The number of nitriles is 1. The molecule has 4 saturated carbocycles. The highest BCUT2D eigenvalue weighted by molar-refractivity contribution is 5.12. The van der Waals surface area contributed by atoms with E-state index in [0.29, 0.717) is 0 Å². The molecule has 1 N–H and O–H groups in total. The lowest BCUT2D eigenvalue weighted by molar-refractivity contribution is -0.0472. The van der Waals surface area contributed by atoms with Crippen LogP contribution in [0.25, 0.3) is 0 Å². The van der Waals surface area contributed by atoms with Crippen LogP contribution in [-0.4, -0.2) is 37.1 Å². The Balaban J connectivity index is 1.42. The van der Waals surface area contributed by atoms with Crippen molar-refractivity contribution < 1.29 is 0 Å². The molecule has 3 nitrogen and oxygen atoms in total. The second-order valence-electron chi connectivity index (χ2n) is 8.02. The predicted molar refractivity (Wildman–Crippen MR) is 79.0 cm³/mol. The summed E-state index contributed by atoms with van der Waals surface area (Å²) in [5, 5.41) is 12.7. The molecule has 1 saturated heterocycles. The zero-order chi connectivity index (χ0) is 13.7. The van der Waals surface area contributed by atoms with Crippen molar-refractivity contribution in [2.75, 3.05) is 26.7 Å². The molecule has 4 bridgehead atoms. The van der Waals surface area contributed by atoms with Gasteiger partial charge < -0.3 is 10.2 Å². The summed E-state index contributed by atoms with van der Waals surface area (Å²) in [6.45, 7) is 3.31. The Morgan fingerprint density at radius 3 is 2.30 bits per heavy atom. The van der Waals surface area contributed by atoms with Crippen molar-refractivity contribution in [3.8, 4) is 6.07 Å². The summed E-state index contributed by atoms with van der Waals surface area (Å²) in [4.78, 5) is 2.58. The van der Waals surface area contributed by atoms with Crippen molar-refractivity contribution in [1.82, 2.24) is 10.2 Å². The van der Waals surface area contributed by atoms with Crippen molar-refractivity contribution in [2.24, 2.45) is 29.6 Å². The smallest absolute Gasteiger partial charge is 0.120 e. The van der Waals surface area contributed by atoms with E-state index >= 15 is 0 Å². The molecule has 3 heteroatoms. The van der Waals surface area contributed by atoms with Gasteiger partial charge in [0.25, 0.3) is 0 Å². The molecule has 5 aliphatic rings. The molecule has 4 aliphatic carbocycles. The molecule has 1 unspecified atom stereocenters. The molecular formula is C17H27N3. The molecule has 110 valence electrons. The fourth-order valence-electron chi connectivity index (χ4n) is 6.03. The SMILES string of the molecule is CNC1(C#N)CCN(CC2C3CC4CC(C3)CC2C4)C1. The lowest BCUT2D eigenvalue weighted by Crippen LogP contribution is -2.50. The van der Waals surface area contributed by atoms with E-state index in [1.54, 1.807) is 6.42 Å². The van der Waals surface area contributed by atoms with Gasteiger partial charge in [0.05, 0.1) is 6.07 Å². The van der Waals surface area contributed by atoms with Crippen LogP contribution in [0.1, 0.15) is 38.5 Å². The van der Waals surface area contributed by atoms with Gasteiger partial charge >= 0.3 is 0 Å². The first kappa shape index (κ1) is 13.1. The van der Waals surface area contributed by atoms with Crippen LogP contribution in [0.15, 0.2) is 0 Å². The van der Waals surface area contributed by atoms with Crippen LogP contribution >= 0.6 is 0 Å². The molecule has 0 spiro atoms. The lowest BCUT2D eigenvalue weighted by Gasteiger charge is -2.55. The van der Waals surface area contributed by atoms with Crippen LogP contribution in [0.5, 0.6) is 0 Å². The monoisotopic (exact) mass is 273 g/mol. The van der Waals surface area contributed by atoms with Crippen LogP contribution in [0.3, 0.4) is 0 Å². The summed E-state index contributed by atoms with van der Waals surface area (Å²) in [7, 11) is 1.94. The second kappa shape index (κ2) is 4.71. The van der Waals surface area contributed by atoms with E-state index < -0.39 is 0 Å². The minimum absolute atomic E-state index is 0.272. The minimum atomic E-state index is -0.272. The van der Waals surface area contributed by atoms with E-state index in [1.165, 1.54) is 32.2 Å². The van der Waals surface area contributed by atoms with Gasteiger partial charge in [0.1, 0.15) is 5.54 Å². The third kappa shape index (κ3) is 2.00. The Morgan fingerprint density at radius 2 is 1.80 bits per heavy atom.